The van der Waals surface area contributed by atoms with Crippen molar-refractivity contribution in [1.29, 1.82) is 5.26 Å². The average Bonchev–Trinajstić information content (AvgIpc) is 2.72. The molecule has 2 aromatic rings. The van der Waals surface area contributed by atoms with Crippen LogP contribution in [0.5, 0.6) is 5.75 Å². The van der Waals surface area contributed by atoms with E-state index in [1.807, 2.05) is 54.6 Å². The zero-order chi connectivity index (χ0) is 20.2. The molecule has 0 fully saturated rings. The predicted molar refractivity (Wildman–Crippen MR) is 116 cm³/mol. The highest BCUT2D eigenvalue weighted by Crippen LogP contribution is 2.26. The molecule has 0 atom stereocenters. The van der Waals surface area contributed by atoms with Crippen LogP contribution in [-0.4, -0.2) is 12.5 Å². The Kier molecular flexibility index (Phi) is 9.30. The van der Waals surface area contributed by atoms with Gasteiger partial charge in [-0.2, -0.15) is 5.26 Å². The lowest BCUT2D eigenvalue weighted by Gasteiger charge is -2.10. The standard InChI is InChI=1S/C23H25BrN2O2/c1-2-3-4-8-13-28-22-12-11-21(24)15-19(22)14-20(16-25)23(27)26-17-18-9-6-5-7-10-18/h5-7,9-12,14-15H,2-4,8,13,17H2,1H3,(H,26,27)/b20-14+. The molecular formula is C23H25BrN2O2. The molecule has 2 rings (SSSR count). The molecule has 0 saturated heterocycles. The van der Waals surface area contributed by atoms with Crippen molar-refractivity contribution >= 4 is 27.9 Å². The van der Waals surface area contributed by atoms with Gasteiger partial charge < -0.3 is 10.1 Å². The summed E-state index contributed by atoms with van der Waals surface area (Å²) in [5.74, 6) is 0.267. The summed E-state index contributed by atoms with van der Waals surface area (Å²) in [4.78, 5) is 12.4. The molecule has 0 aromatic heterocycles. The summed E-state index contributed by atoms with van der Waals surface area (Å²) in [5.41, 5.74) is 1.73. The van der Waals surface area contributed by atoms with Gasteiger partial charge in [0.25, 0.3) is 5.91 Å². The Morgan fingerprint density at radius 3 is 2.68 bits per heavy atom. The van der Waals surface area contributed by atoms with Crippen LogP contribution in [0.25, 0.3) is 6.08 Å². The number of rotatable bonds is 10. The van der Waals surface area contributed by atoms with Crippen molar-refractivity contribution in [1.82, 2.24) is 5.32 Å². The zero-order valence-electron chi connectivity index (χ0n) is 16.1. The Morgan fingerprint density at radius 1 is 1.18 bits per heavy atom. The van der Waals surface area contributed by atoms with E-state index in [1.165, 1.54) is 12.8 Å². The van der Waals surface area contributed by atoms with E-state index in [0.29, 0.717) is 24.5 Å². The fourth-order valence-corrected chi connectivity index (χ4v) is 3.03. The Hall–Kier alpha value is -2.58. The molecule has 0 spiro atoms. The van der Waals surface area contributed by atoms with E-state index in [4.69, 9.17) is 4.74 Å². The van der Waals surface area contributed by atoms with Crippen LogP contribution in [-0.2, 0) is 11.3 Å². The lowest BCUT2D eigenvalue weighted by atomic mass is 10.1. The summed E-state index contributed by atoms with van der Waals surface area (Å²) in [5, 5.41) is 12.2. The van der Waals surface area contributed by atoms with Gasteiger partial charge in [0.2, 0.25) is 0 Å². The summed E-state index contributed by atoms with van der Waals surface area (Å²) in [6, 6.07) is 17.2. The third kappa shape index (κ3) is 7.21. The summed E-state index contributed by atoms with van der Waals surface area (Å²) in [6.45, 7) is 3.16. The van der Waals surface area contributed by atoms with Crippen molar-refractivity contribution in [3.05, 3.63) is 69.7 Å². The van der Waals surface area contributed by atoms with Gasteiger partial charge in [0.1, 0.15) is 17.4 Å². The minimum Gasteiger partial charge on any atom is -0.493 e. The minimum absolute atomic E-state index is 0.0462. The smallest absolute Gasteiger partial charge is 0.262 e. The molecular weight excluding hydrogens is 416 g/mol. The largest absolute Gasteiger partial charge is 0.493 e. The van der Waals surface area contributed by atoms with Crippen molar-refractivity contribution in [3.63, 3.8) is 0 Å². The minimum atomic E-state index is -0.403. The van der Waals surface area contributed by atoms with Gasteiger partial charge in [-0.05, 0) is 36.3 Å². The molecule has 0 bridgehead atoms. The van der Waals surface area contributed by atoms with E-state index in [9.17, 15) is 10.1 Å². The first-order chi connectivity index (χ1) is 13.6. The van der Waals surface area contributed by atoms with Crippen molar-refractivity contribution in [2.75, 3.05) is 6.61 Å². The number of carbonyl (C=O) groups excluding carboxylic acids is 1. The molecule has 0 saturated carbocycles. The second kappa shape index (κ2) is 12.0. The first kappa shape index (κ1) is 21.7. The Labute approximate surface area is 175 Å². The van der Waals surface area contributed by atoms with Crippen molar-refractivity contribution in [2.24, 2.45) is 0 Å². The van der Waals surface area contributed by atoms with E-state index in [1.54, 1.807) is 6.08 Å². The molecule has 0 aliphatic heterocycles. The topological polar surface area (TPSA) is 62.1 Å². The van der Waals surface area contributed by atoms with Crippen LogP contribution in [0.15, 0.2) is 58.6 Å². The number of benzene rings is 2. The fraction of sp³-hybridized carbons (Fsp3) is 0.304. The van der Waals surface area contributed by atoms with Gasteiger partial charge >= 0.3 is 0 Å². The maximum absolute atomic E-state index is 12.4. The number of carbonyl (C=O) groups is 1. The van der Waals surface area contributed by atoms with Crippen LogP contribution in [0, 0.1) is 11.3 Å². The molecule has 0 radical (unpaired) electrons. The summed E-state index contributed by atoms with van der Waals surface area (Å²) < 4.78 is 6.75. The average molecular weight is 441 g/mol. The first-order valence-corrected chi connectivity index (χ1v) is 10.3. The Bertz CT molecular complexity index is 841. The van der Waals surface area contributed by atoms with Gasteiger partial charge in [-0.3, -0.25) is 4.79 Å². The quantitative estimate of drug-likeness (QED) is 0.295. The van der Waals surface area contributed by atoms with E-state index in [-0.39, 0.29) is 5.57 Å². The molecule has 0 aliphatic rings. The van der Waals surface area contributed by atoms with Crippen molar-refractivity contribution < 1.29 is 9.53 Å². The number of nitrogens with one attached hydrogen (secondary N) is 1. The molecule has 2 aromatic carbocycles. The van der Waals surface area contributed by atoms with Crippen molar-refractivity contribution in [3.8, 4) is 11.8 Å². The van der Waals surface area contributed by atoms with Gasteiger partial charge in [0.15, 0.2) is 0 Å². The Morgan fingerprint density at radius 2 is 1.96 bits per heavy atom. The SMILES string of the molecule is CCCCCCOc1ccc(Br)cc1/C=C(\C#N)C(=O)NCc1ccccc1. The van der Waals surface area contributed by atoms with Gasteiger partial charge in [0.05, 0.1) is 6.61 Å². The Balaban J connectivity index is 2.08. The maximum atomic E-state index is 12.4. The normalized spacial score (nSPS) is 11.0. The predicted octanol–water partition coefficient (Wildman–Crippen LogP) is 5.63. The second-order valence-electron chi connectivity index (χ2n) is 6.43. The molecule has 0 heterocycles. The lowest BCUT2D eigenvalue weighted by Crippen LogP contribution is -2.23. The number of nitriles is 1. The van der Waals surface area contributed by atoms with Crippen LogP contribution < -0.4 is 10.1 Å². The molecule has 28 heavy (non-hydrogen) atoms. The molecule has 0 aliphatic carbocycles. The number of unbranched alkanes of at least 4 members (excludes halogenated alkanes) is 3. The molecule has 5 heteroatoms. The molecule has 1 amide bonds. The van der Waals surface area contributed by atoms with Crippen LogP contribution in [0.1, 0.15) is 43.7 Å². The summed E-state index contributed by atoms with van der Waals surface area (Å²) in [7, 11) is 0. The fourth-order valence-electron chi connectivity index (χ4n) is 2.65. The van der Waals surface area contributed by atoms with Crippen LogP contribution >= 0.6 is 15.9 Å². The van der Waals surface area contributed by atoms with Gasteiger partial charge in [-0.25, -0.2) is 0 Å². The van der Waals surface area contributed by atoms with E-state index < -0.39 is 5.91 Å². The molecule has 146 valence electrons. The van der Waals surface area contributed by atoms with Gasteiger partial charge in [0, 0.05) is 16.6 Å². The lowest BCUT2D eigenvalue weighted by molar-refractivity contribution is -0.117. The zero-order valence-corrected chi connectivity index (χ0v) is 17.7. The van der Waals surface area contributed by atoms with Crippen molar-refractivity contribution in [2.45, 2.75) is 39.2 Å². The highest BCUT2D eigenvalue weighted by molar-refractivity contribution is 9.10. The highest BCUT2D eigenvalue weighted by atomic mass is 79.9. The summed E-state index contributed by atoms with van der Waals surface area (Å²) >= 11 is 3.44. The number of hydrogen-bond acceptors (Lipinski definition) is 3. The number of hydrogen-bond donors (Lipinski definition) is 1. The first-order valence-electron chi connectivity index (χ1n) is 9.50. The second-order valence-corrected chi connectivity index (χ2v) is 7.35. The van der Waals surface area contributed by atoms with E-state index in [0.717, 1.165) is 22.9 Å². The van der Waals surface area contributed by atoms with Crippen LogP contribution in [0.3, 0.4) is 0 Å². The van der Waals surface area contributed by atoms with Gasteiger partial charge in [-0.1, -0.05) is 72.4 Å². The maximum Gasteiger partial charge on any atom is 0.262 e. The summed E-state index contributed by atoms with van der Waals surface area (Å²) in [6.07, 6.45) is 6.05. The highest BCUT2D eigenvalue weighted by Gasteiger charge is 2.11. The third-order valence-corrected chi connectivity index (χ3v) is 4.68. The third-order valence-electron chi connectivity index (χ3n) is 4.19. The molecule has 0 unspecified atom stereocenters. The number of nitrogens with zero attached hydrogens (tertiary/aromatic N) is 1. The van der Waals surface area contributed by atoms with Crippen LogP contribution in [0.2, 0.25) is 0 Å². The number of halogens is 1. The van der Waals surface area contributed by atoms with Crippen LogP contribution in [0.4, 0.5) is 0 Å². The molecule has 4 nitrogen and oxygen atoms in total. The van der Waals surface area contributed by atoms with E-state index >= 15 is 0 Å². The number of ether oxygens (including phenoxy) is 1. The number of amides is 1. The monoisotopic (exact) mass is 440 g/mol. The molecule has 1 N–H and O–H groups in total. The van der Waals surface area contributed by atoms with E-state index in [2.05, 4.69) is 28.2 Å². The van der Waals surface area contributed by atoms with Gasteiger partial charge in [-0.15, -0.1) is 0 Å².